The molecule has 1 aliphatic rings. The molecule has 0 bridgehead atoms. The van der Waals surface area contributed by atoms with Crippen LogP contribution in [0.5, 0.6) is 0 Å². The van der Waals surface area contributed by atoms with Crippen LogP contribution >= 0.6 is 11.6 Å². The zero-order chi connectivity index (χ0) is 11.8. The zero-order valence-electron chi connectivity index (χ0n) is 9.00. The van der Waals surface area contributed by atoms with E-state index in [-0.39, 0.29) is 0 Å². The number of halogens is 1. The predicted molar refractivity (Wildman–Crippen MR) is 59.2 cm³/mol. The number of hydrogen-bond acceptors (Lipinski definition) is 3. The molecule has 1 aliphatic heterocycles. The molecular formula is C9H16ClN3O3. The van der Waals surface area contributed by atoms with Gasteiger partial charge in [0.2, 0.25) is 0 Å². The Morgan fingerprint density at radius 3 is 2.56 bits per heavy atom. The van der Waals surface area contributed by atoms with E-state index in [0.29, 0.717) is 25.5 Å². The van der Waals surface area contributed by atoms with E-state index in [1.54, 1.807) is 4.90 Å². The Bertz CT molecular complexity index is 244. The number of amides is 3. The minimum absolute atomic E-state index is 0.313. The number of carbonyl (C=O) groups is 2. The molecule has 0 aliphatic carbocycles. The molecular weight excluding hydrogens is 234 g/mol. The van der Waals surface area contributed by atoms with Gasteiger partial charge in [0.1, 0.15) is 0 Å². The third kappa shape index (κ3) is 4.57. The highest BCUT2D eigenvalue weighted by atomic mass is 35.5. The minimum atomic E-state index is -0.564. The number of urea groups is 1. The maximum absolute atomic E-state index is 11.4. The zero-order valence-corrected chi connectivity index (χ0v) is 9.76. The van der Waals surface area contributed by atoms with Crippen LogP contribution in [0.15, 0.2) is 0 Å². The number of nitrogens with zero attached hydrogens (tertiary/aromatic N) is 1. The lowest BCUT2D eigenvalue weighted by Gasteiger charge is -2.25. The smallest absolute Gasteiger partial charge is 0.335 e. The van der Waals surface area contributed by atoms with E-state index in [2.05, 4.69) is 10.2 Å². The molecule has 6 nitrogen and oxygen atoms in total. The first-order valence-electron chi connectivity index (χ1n) is 5.29. The summed E-state index contributed by atoms with van der Waals surface area (Å²) in [6.07, 6.45) is 2.58. The molecule has 0 radical (unpaired) electrons. The lowest BCUT2D eigenvalue weighted by atomic mass is 10.1. The van der Waals surface area contributed by atoms with Crippen molar-refractivity contribution in [1.29, 1.82) is 0 Å². The summed E-state index contributed by atoms with van der Waals surface area (Å²) >= 11 is 5.37. The van der Waals surface area contributed by atoms with Gasteiger partial charge in [0, 0.05) is 25.5 Å². The molecule has 16 heavy (non-hydrogen) atoms. The summed E-state index contributed by atoms with van der Waals surface area (Å²) in [5, 5.41) is 2.41. The fourth-order valence-corrected chi connectivity index (χ4v) is 1.52. The average molecular weight is 250 g/mol. The Labute approximate surface area is 99.2 Å². The lowest BCUT2D eigenvalue weighted by molar-refractivity contribution is 0.0615. The third-order valence-electron chi connectivity index (χ3n) is 2.23. The maximum Gasteiger partial charge on any atom is 0.434 e. The van der Waals surface area contributed by atoms with Crippen molar-refractivity contribution in [2.45, 2.75) is 19.3 Å². The Morgan fingerprint density at radius 2 is 1.94 bits per heavy atom. The summed E-state index contributed by atoms with van der Waals surface area (Å²) in [5.41, 5.74) is 2.01. The second kappa shape index (κ2) is 7.16. The molecule has 1 rings (SSSR count). The number of rotatable bonds is 2. The Morgan fingerprint density at radius 1 is 1.25 bits per heavy atom. The number of hydroxylamine groups is 1. The number of alkyl halides is 1. The van der Waals surface area contributed by atoms with Crippen molar-refractivity contribution in [3.8, 4) is 0 Å². The van der Waals surface area contributed by atoms with E-state index in [4.69, 9.17) is 11.6 Å². The molecule has 2 N–H and O–H groups in total. The van der Waals surface area contributed by atoms with E-state index in [1.807, 2.05) is 5.48 Å². The van der Waals surface area contributed by atoms with Gasteiger partial charge in [0.15, 0.2) is 0 Å². The number of piperidine rings is 1. The number of likely N-dealkylation sites (tertiary alicyclic amines) is 1. The minimum Gasteiger partial charge on any atom is -0.335 e. The van der Waals surface area contributed by atoms with Crippen LogP contribution in [0.4, 0.5) is 9.59 Å². The van der Waals surface area contributed by atoms with Gasteiger partial charge in [-0.15, -0.1) is 11.6 Å². The maximum atomic E-state index is 11.4. The molecule has 0 aromatic rings. The van der Waals surface area contributed by atoms with Crippen LogP contribution in [0.25, 0.3) is 0 Å². The van der Waals surface area contributed by atoms with Crippen molar-refractivity contribution < 1.29 is 14.4 Å². The molecule has 0 aromatic carbocycles. The first-order valence-corrected chi connectivity index (χ1v) is 5.83. The van der Waals surface area contributed by atoms with E-state index in [0.717, 1.165) is 19.3 Å². The van der Waals surface area contributed by atoms with Crippen LogP contribution in [0.1, 0.15) is 19.3 Å². The molecule has 92 valence electrons. The fourth-order valence-electron chi connectivity index (χ4n) is 1.43. The SMILES string of the molecule is O=C(NCCCl)NOC(=O)N1CCCCC1. The number of hydrogen-bond donors (Lipinski definition) is 2. The molecule has 0 aromatic heterocycles. The Hall–Kier alpha value is -1.17. The predicted octanol–water partition coefficient (Wildman–Crippen LogP) is 1.06. The van der Waals surface area contributed by atoms with Crippen LogP contribution < -0.4 is 10.8 Å². The van der Waals surface area contributed by atoms with Crippen LogP contribution in [-0.2, 0) is 4.84 Å². The van der Waals surface area contributed by atoms with Gasteiger partial charge in [-0.05, 0) is 19.3 Å². The molecule has 1 heterocycles. The lowest BCUT2D eigenvalue weighted by Crippen LogP contribution is -2.43. The van der Waals surface area contributed by atoms with Crippen molar-refractivity contribution in [3.63, 3.8) is 0 Å². The summed E-state index contributed by atoms with van der Waals surface area (Å²) in [4.78, 5) is 28.6. The monoisotopic (exact) mass is 249 g/mol. The Kier molecular flexibility index (Phi) is 5.77. The second-order valence-electron chi connectivity index (χ2n) is 3.46. The summed E-state index contributed by atoms with van der Waals surface area (Å²) < 4.78 is 0. The first-order chi connectivity index (χ1) is 7.74. The summed E-state index contributed by atoms with van der Waals surface area (Å²) in [6, 6.07) is -0.564. The van der Waals surface area contributed by atoms with Gasteiger partial charge < -0.3 is 15.1 Å². The van der Waals surface area contributed by atoms with Crippen LogP contribution in [-0.4, -0.2) is 42.5 Å². The van der Waals surface area contributed by atoms with Crippen LogP contribution in [0.3, 0.4) is 0 Å². The van der Waals surface area contributed by atoms with Gasteiger partial charge in [-0.25, -0.2) is 9.59 Å². The van der Waals surface area contributed by atoms with Gasteiger partial charge in [-0.3, -0.25) is 0 Å². The van der Waals surface area contributed by atoms with Crippen molar-refractivity contribution in [2.75, 3.05) is 25.5 Å². The number of carbonyl (C=O) groups excluding carboxylic acids is 2. The van der Waals surface area contributed by atoms with Crippen molar-refractivity contribution in [1.82, 2.24) is 15.7 Å². The third-order valence-corrected chi connectivity index (χ3v) is 2.41. The summed E-state index contributed by atoms with van der Waals surface area (Å²) in [6.45, 7) is 1.70. The van der Waals surface area contributed by atoms with E-state index < -0.39 is 12.1 Å². The molecule has 0 spiro atoms. The van der Waals surface area contributed by atoms with Gasteiger partial charge in [0.05, 0.1) is 0 Å². The number of nitrogens with one attached hydrogen (secondary N) is 2. The van der Waals surface area contributed by atoms with E-state index in [9.17, 15) is 9.59 Å². The van der Waals surface area contributed by atoms with Crippen molar-refractivity contribution in [3.05, 3.63) is 0 Å². The largest absolute Gasteiger partial charge is 0.434 e. The highest BCUT2D eigenvalue weighted by molar-refractivity contribution is 6.18. The second-order valence-corrected chi connectivity index (χ2v) is 3.84. The van der Waals surface area contributed by atoms with Gasteiger partial charge in [0.25, 0.3) is 0 Å². The molecule has 0 atom stereocenters. The van der Waals surface area contributed by atoms with E-state index in [1.165, 1.54) is 0 Å². The normalized spacial score (nSPS) is 15.4. The van der Waals surface area contributed by atoms with Crippen molar-refractivity contribution in [2.24, 2.45) is 0 Å². The topological polar surface area (TPSA) is 70.7 Å². The van der Waals surface area contributed by atoms with Crippen LogP contribution in [0, 0.1) is 0 Å². The molecule has 7 heteroatoms. The summed E-state index contributed by atoms with van der Waals surface area (Å²) in [7, 11) is 0. The van der Waals surface area contributed by atoms with Gasteiger partial charge >= 0.3 is 12.1 Å². The average Bonchev–Trinajstić information content (AvgIpc) is 2.34. The highest BCUT2D eigenvalue weighted by Crippen LogP contribution is 2.08. The van der Waals surface area contributed by atoms with E-state index >= 15 is 0 Å². The highest BCUT2D eigenvalue weighted by Gasteiger charge is 2.18. The molecule has 0 unspecified atom stereocenters. The van der Waals surface area contributed by atoms with Gasteiger partial charge in [-0.1, -0.05) is 0 Å². The molecule has 3 amide bonds. The van der Waals surface area contributed by atoms with Gasteiger partial charge in [-0.2, -0.15) is 5.48 Å². The quantitative estimate of drug-likeness (QED) is 0.568. The molecule has 1 saturated heterocycles. The Balaban J connectivity index is 2.15. The standard InChI is InChI=1S/C9H16ClN3O3/c10-4-5-11-8(14)12-16-9(15)13-6-2-1-3-7-13/h1-7H2,(H2,11,12,14). The molecule has 1 fully saturated rings. The van der Waals surface area contributed by atoms with Crippen molar-refractivity contribution >= 4 is 23.7 Å². The summed E-state index contributed by atoms with van der Waals surface area (Å²) in [5.74, 6) is 0.313. The molecule has 0 saturated carbocycles. The first kappa shape index (κ1) is 12.9. The van der Waals surface area contributed by atoms with Crippen LogP contribution in [0.2, 0.25) is 0 Å². The fraction of sp³-hybridized carbons (Fsp3) is 0.778.